The summed E-state index contributed by atoms with van der Waals surface area (Å²) in [6.45, 7) is 1.50. The number of fused-ring (bicyclic) bond motifs is 1. The van der Waals surface area contributed by atoms with E-state index in [-0.39, 0.29) is 23.5 Å². The van der Waals surface area contributed by atoms with Gasteiger partial charge in [0.05, 0.1) is 18.2 Å². The van der Waals surface area contributed by atoms with Crippen LogP contribution in [-0.4, -0.2) is 25.5 Å². The second-order valence-corrected chi connectivity index (χ2v) is 7.74. The molecule has 4 rings (SSSR count). The van der Waals surface area contributed by atoms with Crippen LogP contribution in [0.3, 0.4) is 0 Å². The van der Waals surface area contributed by atoms with E-state index in [1.165, 1.54) is 25.3 Å². The van der Waals surface area contributed by atoms with Crippen molar-refractivity contribution in [1.29, 1.82) is 0 Å². The topological polar surface area (TPSA) is 92.0 Å². The first-order valence-corrected chi connectivity index (χ1v) is 10.6. The molecule has 178 valence electrons. The van der Waals surface area contributed by atoms with Gasteiger partial charge in [0.2, 0.25) is 5.78 Å². The Morgan fingerprint density at radius 2 is 1.74 bits per heavy atom. The fraction of sp³-hybridized carbons (Fsp3) is 0.148. The molecule has 0 N–H and O–H groups in total. The van der Waals surface area contributed by atoms with Crippen molar-refractivity contribution in [3.63, 3.8) is 0 Å². The monoisotopic (exact) mass is 476 g/mol. The van der Waals surface area contributed by atoms with Gasteiger partial charge in [-0.25, -0.2) is 14.0 Å². The van der Waals surface area contributed by atoms with Crippen LogP contribution in [0.15, 0.2) is 75.9 Å². The number of esters is 1. The van der Waals surface area contributed by atoms with Crippen molar-refractivity contribution in [3.05, 3.63) is 105 Å². The van der Waals surface area contributed by atoms with Crippen molar-refractivity contribution in [2.75, 3.05) is 13.7 Å². The first-order chi connectivity index (χ1) is 16.8. The molecule has 0 saturated carbocycles. The first-order valence-electron chi connectivity index (χ1n) is 10.6. The van der Waals surface area contributed by atoms with Crippen LogP contribution >= 0.6 is 0 Å². The molecule has 8 heteroatoms. The van der Waals surface area contributed by atoms with Crippen molar-refractivity contribution < 1.29 is 32.6 Å². The van der Waals surface area contributed by atoms with Gasteiger partial charge in [-0.2, -0.15) is 0 Å². The zero-order chi connectivity index (χ0) is 24.9. The summed E-state index contributed by atoms with van der Waals surface area (Å²) in [6, 6.07) is 16.7. The molecule has 4 aromatic rings. The predicted molar refractivity (Wildman–Crippen MR) is 126 cm³/mol. The average molecular weight is 476 g/mol. The molecule has 0 aliphatic rings. The highest BCUT2D eigenvalue weighted by atomic mass is 19.1. The molecule has 0 aliphatic carbocycles. The van der Waals surface area contributed by atoms with Gasteiger partial charge in [-0.1, -0.05) is 12.1 Å². The third kappa shape index (κ3) is 5.55. The summed E-state index contributed by atoms with van der Waals surface area (Å²) in [6.07, 6.45) is 0. The summed E-state index contributed by atoms with van der Waals surface area (Å²) in [5, 5.41) is 0.828. The Morgan fingerprint density at radius 3 is 2.49 bits per heavy atom. The van der Waals surface area contributed by atoms with E-state index in [0.29, 0.717) is 11.3 Å². The number of methoxy groups -OCH3 is 1. The lowest BCUT2D eigenvalue weighted by atomic mass is 10.1. The molecule has 1 aromatic heterocycles. The van der Waals surface area contributed by atoms with Crippen LogP contribution in [-0.2, 0) is 11.3 Å². The number of hydrogen-bond donors (Lipinski definition) is 0. The maximum atomic E-state index is 13.5. The number of rotatable bonds is 8. The number of ether oxygens (including phenoxy) is 3. The lowest BCUT2D eigenvalue weighted by Gasteiger charge is -2.09. The van der Waals surface area contributed by atoms with Gasteiger partial charge in [-0.3, -0.25) is 4.79 Å². The minimum absolute atomic E-state index is 0.00377. The minimum atomic E-state index is -0.693. The van der Waals surface area contributed by atoms with Crippen molar-refractivity contribution in [3.8, 4) is 11.5 Å². The Morgan fingerprint density at radius 1 is 0.971 bits per heavy atom. The van der Waals surface area contributed by atoms with Gasteiger partial charge in [0.25, 0.3) is 0 Å². The summed E-state index contributed by atoms with van der Waals surface area (Å²) in [5.41, 5.74) is 1.86. The molecule has 0 unspecified atom stereocenters. The Labute approximate surface area is 199 Å². The van der Waals surface area contributed by atoms with Crippen molar-refractivity contribution in [1.82, 2.24) is 0 Å². The van der Waals surface area contributed by atoms with Crippen molar-refractivity contribution in [2.45, 2.75) is 13.5 Å². The number of carbonyl (C=O) groups is 2. The highest BCUT2D eigenvalue weighted by Crippen LogP contribution is 2.23. The van der Waals surface area contributed by atoms with Crippen molar-refractivity contribution >= 4 is 22.7 Å². The van der Waals surface area contributed by atoms with Gasteiger partial charge in [-0.05, 0) is 60.5 Å². The molecule has 0 atom stereocenters. The summed E-state index contributed by atoms with van der Waals surface area (Å²) < 4.78 is 34.6. The molecule has 3 aromatic carbocycles. The van der Waals surface area contributed by atoms with Crippen LogP contribution in [0.5, 0.6) is 11.5 Å². The van der Waals surface area contributed by atoms with E-state index >= 15 is 0 Å². The zero-order valence-corrected chi connectivity index (χ0v) is 19.0. The summed E-state index contributed by atoms with van der Waals surface area (Å²) in [7, 11) is 1.36. The fourth-order valence-electron chi connectivity index (χ4n) is 3.49. The van der Waals surface area contributed by atoms with E-state index in [4.69, 9.17) is 18.6 Å². The molecular formula is C27H21FO7. The Hall–Kier alpha value is -4.46. The number of hydrogen-bond acceptors (Lipinski definition) is 7. The molecular weight excluding hydrogens is 455 g/mol. The largest absolute Gasteiger partial charge is 0.496 e. The maximum Gasteiger partial charge on any atom is 0.338 e. The minimum Gasteiger partial charge on any atom is -0.496 e. The Kier molecular flexibility index (Phi) is 6.91. The zero-order valence-electron chi connectivity index (χ0n) is 19.0. The Balaban J connectivity index is 1.35. The molecule has 35 heavy (non-hydrogen) atoms. The molecule has 0 aliphatic heterocycles. The quantitative estimate of drug-likeness (QED) is 0.204. The molecule has 7 nitrogen and oxygen atoms in total. The second-order valence-electron chi connectivity index (χ2n) is 7.74. The first kappa shape index (κ1) is 23.7. The molecule has 0 fully saturated rings. The summed E-state index contributed by atoms with van der Waals surface area (Å²) in [4.78, 5) is 36.3. The number of ketones is 1. The van der Waals surface area contributed by atoms with Gasteiger partial charge in [-0.15, -0.1) is 0 Å². The van der Waals surface area contributed by atoms with E-state index in [1.54, 1.807) is 36.4 Å². The summed E-state index contributed by atoms with van der Waals surface area (Å²) in [5.74, 6) is -1.15. The van der Waals surface area contributed by atoms with Crippen LogP contribution in [0.1, 0.15) is 31.8 Å². The molecule has 0 amide bonds. The van der Waals surface area contributed by atoms with Gasteiger partial charge < -0.3 is 18.6 Å². The third-order valence-corrected chi connectivity index (χ3v) is 5.31. The third-order valence-electron chi connectivity index (χ3n) is 5.31. The summed E-state index contributed by atoms with van der Waals surface area (Å²) >= 11 is 0. The number of benzene rings is 3. The van der Waals surface area contributed by atoms with E-state index < -0.39 is 29.8 Å². The normalized spacial score (nSPS) is 10.7. The fourth-order valence-corrected chi connectivity index (χ4v) is 3.49. The SMILES string of the molecule is COc1ccc(F)cc1C(=O)COC(=O)c1ccc(COc2ccc3c(C)cc(=O)oc3c2)cc1. The second kappa shape index (κ2) is 10.2. The highest BCUT2D eigenvalue weighted by Gasteiger charge is 2.16. The van der Waals surface area contributed by atoms with Crippen LogP contribution < -0.4 is 15.1 Å². The predicted octanol–water partition coefficient (Wildman–Crippen LogP) is 4.87. The van der Waals surface area contributed by atoms with Crippen LogP contribution in [0.4, 0.5) is 4.39 Å². The van der Waals surface area contributed by atoms with Crippen LogP contribution in [0, 0.1) is 12.7 Å². The highest BCUT2D eigenvalue weighted by molar-refractivity contribution is 6.01. The molecule has 0 bridgehead atoms. The maximum absolute atomic E-state index is 13.5. The van der Waals surface area contributed by atoms with Gasteiger partial charge >= 0.3 is 11.6 Å². The number of halogens is 1. The molecule has 0 saturated heterocycles. The van der Waals surface area contributed by atoms with Crippen LogP contribution in [0.2, 0.25) is 0 Å². The Bertz CT molecular complexity index is 1460. The van der Waals surface area contributed by atoms with Crippen molar-refractivity contribution in [2.24, 2.45) is 0 Å². The van der Waals surface area contributed by atoms with E-state index in [2.05, 4.69) is 0 Å². The molecule has 0 radical (unpaired) electrons. The number of carbonyl (C=O) groups excluding carboxylic acids is 2. The standard InChI is InChI=1S/C27H21FO7/c1-16-11-26(30)35-25-13-20(8-9-21(16)25)33-14-17-3-5-18(6-4-17)27(31)34-15-23(29)22-12-19(28)7-10-24(22)32-2/h3-13H,14-15H2,1-2H3. The lowest BCUT2D eigenvalue weighted by molar-refractivity contribution is 0.0474. The van der Waals surface area contributed by atoms with Gasteiger partial charge in [0, 0.05) is 17.5 Å². The average Bonchev–Trinajstić information content (AvgIpc) is 2.85. The smallest absolute Gasteiger partial charge is 0.338 e. The number of aryl methyl sites for hydroxylation is 1. The molecule has 0 spiro atoms. The van der Waals surface area contributed by atoms with E-state index in [0.717, 1.165) is 22.6 Å². The lowest BCUT2D eigenvalue weighted by Crippen LogP contribution is -2.15. The van der Waals surface area contributed by atoms with E-state index in [9.17, 15) is 18.8 Å². The van der Waals surface area contributed by atoms with Crippen LogP contribution in [0.25, 0.3) is 11.0 Å². The van der Waals surface area contributed by atoms with E-state index in [1.807, 2.05) is 13.0 Å². The van der Waals surface area contributed by atoms with Gasteiger partial charge in [0.15, 0.2) is 6.61 Å². The van der Waals surface area contributed by atoms with Gasteiger partial charge in [0.1, 0.15) is 29.5 Å². The molecule has 1 heterocycles. The number of Topliss-reactive ketones (excluding diaryl/α,β-unsaturated/α-hetero) is 1.